The van der Waals surface area contributed by atoms with Crippen LogP contribution in [0.1, 0.15) is 94.5 Å². The summed E-state index contributed by atoms with van der Waals surface area (Å²) < 4.78 is 68.8. The number of aromatic hydroxyl groups is 8. The van der Waals surface area contributed by atoms with Gasteiger partial charge in [0.25, 0.3) is 25.9 Å². The van der Waals surface area contributed by atoms with E-state index in [1.54, 1.807) is 36.4 Å². The predicted molar refractivity (Wildman–Crippen MR) is 443 cm³/mol. The van der Waals surface area contributed by atoms with Crippen molar-refractivity contribution in [2.24, 2.45) is 0 Å². The van der Waals surface area contributed by atoms with Crippen molar-refractivity contribution in [1.29, 1.82) is 0 Å². The van der Waals surface area contributed by atoms with E-state index in [9.17, 15) is 128 Å². The summed E-state index contributed by atoms with van der Waals surface area (Å²) >= 11 is 0. The highest BCUT2D eigenvalue weighted by Crippen LogP contribution is 2.34. The van der Waals surface area contributed by atoms with Gasteiger partial charge in [0.15, 0.2) is 69.0 Å². The zero-order valence-electron chi connectivity index (χ0n) is 69.5. The summed E-state index contributed by atoms with van der Waals surface area (Å²) in [6, 6.07) is 33.6. The van der Waals surface area contributed by atoms with Crippen LogP contribution in [0.2, 0.25) is 0 Å². The second-order valence-corrected chi connectivity index (χ2v) is 26.3. The molecule has 8 rings (SSSR count). The lowest BCUT2D eigenvalue weighted by molar-refractivity contribution is -0.162. The summed E-state index contributed by atoms with van der Waals surface area (Å²) in [7, 11) is 2.28. The van der Waals surface area contributed by atoms with E-state index in [0.29, 0.717) is 66.8 Å². The normalized spacial score (nSPS) is 11.5. The van der Waals surface area contributed by atoms with Gasteiger partial charge in [0, 0.05) is 77.7 Å². The van der Waals surface area contributed by atoms with Crippen LogP contribution in [0.3, 0.4) is 0 Å². The van der Waals surface area contributed by atoms with Crippen LogP contribution in [-0.2, 0) is 176 Å². The highest BCUT2D eigenvalue weighted by Gasteiger charge is 2.29. The number of carboxylic acids is 2. The zero-order chi connectivity index (χ0) is 96.1. The van der Waals surface area contributed by atoms with Crippen LogP contribution in [0, 0.1) is 0 Å². The Morgan fingerprint density at radius 2 is 0.531 bits per heavy atom. The summed E-state index contributed by atoms with van der Waals surface area (Å²) in [4.78, 5) is 183. The second-order valence-electron chi connectivity index (χ2n) is 26.3. The lowest BCUT2D eigenvalue weighted by Crippen LogP contribution is -2.30. The van der Waals surface area contributed by atoms with Gasteiger partial charge in [0.1, 0.15) is 26.4 Å². The number of esters is 10. The average molecular weight is 1810 g/mol. The van der Waals surface area contributed by atoms with E-state index in [2.05, 4.69) is 4.74 Å². The molecule has 8 aromatic carbocycles. The van der Waals surface area contributed by atoms with Crippen LogP contribution >= 0.6 is 0 Å². The second kappa shape index (κ2) is 53.0. The van der Waals surface area contributed by atoms with Gasteiger partial charge in [-0.15, -0.1) is 0 Å². The number of rotatable bonds is 40. The van der Waals surface area contributed by atoms with Crippen LogP contribution in [0.15, 0.2) is 170 Å². The zero-order valence-corrected chi connectivity index (χ0v) is 69.5. The minimum absolute atomic E-state index is 0.00218. The number of aliphatic carboxylic acids is 2. The number of carbonyl (C=O) groups excluding carboxylic acids is 14. The molecule has 0 saturated carbocycles. The summed E-state index contributed by atoms with van der Waals surface area (Å²) in [5.41, 5.74) is 5.66. The Kier molecular flexibility index (Phi) is 42.0. The maximum absolute atomic E-state index is 12.5. The molecule has 40 nitrogen and oxygen atoms in total. The van der Waals surface area contributed by atoms with Crippen molar-refractivity contribution in [2.75, 3.05) is 14.2 Å². The maximum Gasteiger partial charge on any atom is 0.347 e. The molecule has 4 atom stereocenters. The van der Waals surface area contributed by atoms with Crippen molar-refractivity contribution >= 4 is 122 Å². The molecule has 8 aromatic rings. The molecule has 0 bridgehead atoms. The van der Waals surface area contributed by atoms with E-state index < -0.39 is 102 Å². The monoisotopic (exact) mass is 1800 g/mol. The summed E-state index contributed by atoms with van der Waals surface area (Å²) in [6.07, 6.45) is 3.16. The molecule has 0 spiro atoms. The number of carboxylic acid groups (broad SMARTS) is 2. The maximum atomic E-state index is 12.5. The Labute approximate surface area is 737 Å². The number of hydrogen-bond donors (Lipinski definition) is 10. The topological polar surface area (TPSA) is 605 Å². The van der Waals surface area contributed by atoms with Crippen LogP contribution in [0.25, 0.3) is 24.3 Å². The molecular formula is C90H84O40. The van der Waals surface area contributed by atoms with Gasteiger partial charge in [-0.05, 0) is 176 Å². The van der Waals surface area contributed by atoms with Gasteiger partial charge in [0.05, 0.1) is 14.2 Å². The van der Waals surface area contributed by atoms with Crippen LogP contribution in [0.5, 0.6) is 69.0 Å². The molecule has 0 fully saturated rings. The van der Waals surface area contributed by atoms with Gasteiger partial charge in [-0.25, -0.2) is 38.4 Å². The van der Waals surface area contributed by atoms with Crippen LogP contribution < -0.4 is 18.9 Å². The number of hydrogen-bond acceptors (Lipinski definition) is 38. The quantitative estimate of drug-likeness (QED) is 0.00434. The third-order valence-electron chi connectivity index (χ3n) is 16.6. The van der Waals surface area contributed by atoms with Crippen molar-refractivity contribution in [2.45, 2.75) is 104 Å². The Morgan fingerprint density at radius 1 is 0.285 bits per heavy atom. The highest BCUT2D eigenvalue weighted by atomic mass is 16.6. The van der Waals surface area contributed by atoms with Gasteiger partial charge in [0.2, 0.25) is 24.4 Å². The average Bonchev–Trinajstić information content (AvgIpc) is 0.844. The Balaban J connectivity index is 0.000000312. The van der Waals surface area contributed by atoms with Crippen molar-refractivity contribution < 1.29 is 194 Å². The fraction of sp³-hybridized carbons (Fsp3) is 0.200. The van der Waals surface area contributed by atoms with Gasteiger partial charge >= 0.3 is 71.6 Å². The number of ether oxygens (including phenoxy) is 14. The summed E-state index contributed by atoms with van der Waals surface area (Å²) in [5.74, 6) is -13.6. The first kappa shape index (κ1) is 103. The number of phenols is 8. The molecule has 0 radical (unpaired) electrons. The number of benzene rings is 8. The molecule has 0 heterocycles. The Morgan fingerprint density at radius 3 is 0.808 bits per heavy atom. The minimum atomic E-state index is -1.59. The minimum Gasteiger partial charge on any atom is -0.504 e. The van der Waals surface area contributed by atoms with E-state index in [1.165, 1.54) is 147 Å². The van der Waals surface area contributed by atoms with Gasteiger partial charge in [-0.3, -0.25) is 38.4 Å². The molecule has 0 saturated heterocycles. The molecule has 0 aliphatic carbocycles. The molecule has 684 valence electrons. The highest BCUT2D eigenvalue weighted by molar-refractivity contribution is 5.92. The van der Waals surface area contributed by atoms with Crippen molar-refractivity contribution in [3.05, 3.63) is 237 Å². The van der Waals surface area contributed by atoms with Crippen LogP contribution in [-0.4, -0.2) is 187 Å². The lowest BCUT2D eigenvalue weighted by atomic mass is 10.0. The van der Waals surface area contributed by atoms with E-state index in [0.717, 1.165) is 52.4 Å². The fourth-order valence-electron chi connectivity index (χ4n) is 10.7. The molecule has 0 amide bonds. The molecule has 0 unspecified atom stereocenters. The third kappa shape index (κ3) is 36.6. The van der Waals surface area contributed by atoms with Gasteiger partial charge in [-0.1, -0.05) is 60.7 Å². The van der Waals surface area contributed by atoms with Gasteiger partial charge in [-0.2, -0.15) is 0 Å². The predicted octanol–water partition coefficient (Wildman–Crippen LogP) is 7.97. The Bertz CT molecular complexity index is 5540. The van der Waals surface area contributed by atoms with E-state index >= 15 is 0 Å². The summed E-state index contributed by atoms with van der Waals surface area (Å²) in [5, 5.41) is 93.5. The molecule has 130 heavy (non-hydrogen) atoms. The first-order valence-electron chi connectivity index (χ1n) is 37.5. The van der Waals surface area contributed by atoms with Crippen LogP contribution in [0.4, 0.5) is 0 Å². The SMILES string of the molecule is CC(=O)Oc1ccc(C[C@@H](OC(=O)/C=C/c2ccc(COC=O)c(COC=O)c2)C(=O)O)cc1OC(C)=O.COC(=O)[C@@H](Cc1ccc(O)c(O)c1)OC(=O)/C=C/c1ccc(O)c(O)c1.COC(=O)[C@@H](Cc1ccc(OC(C)=O)c(OC(C)=O)c1)OC(=O)/C=C/c1ccc(COC=O)c(COC=O)c1.O=C(/C=C/c1ccc(O)c(O)c1)O[C@H](Cc1ccc(O)c(O)c1)C(=O)O. The van der Waals surface area contributed by atoms with Crippen molar-refractivity contribution in [1.82, 2.24) is 0 Å². The molecule has 40 heteroatoms. The standard InChI is InChI=1S/C27H26O12.C26H24O12.C19H18O8.C18H16O8/c1-17(30)37-23-8-5-20(11-24(23)38-18(2)31)12-25(27(33)34-3)39-26(32)9-6-19-4-7-21(13-35-15-28)22(10-19)14-36-16-29;1-16(29)36-22-7-4-19(10-23(22)37-17(2)30)11-24(26(32)33)38-25(31)8-5-18-3-6-20(12-34-14-27)21(9-18)13-35-15-28;1-26-19(25)17(10-12-3-6-14(21)16(23)9-12)27-18(24)7-4-11-2-5-13(20)15(22)8-11;19-12-4-1-10(7-14(12)21)3-6-17(23)26-16(18(24)25)9-11-2-5-13(20)15(22)8-11/h4-11,15-16,25H,12-14H2,1-3H3;3-10,14-15,24H,11-13H2,1-2H3,(H,32,33);2-9,17,20-23H,10H2,1H3;1-8,16,19-22H,9H2,(H,24,25)/b9-6+;8-5+;7-4+;6-3+/t25-;24-;17-;16-/m1111/s1. The first-order chi connectivity index (χ1) is 61.8. The number of carbonyl (C=O) groups is 16. The lowest BCUT2D eigenvalue weighted by Gasteiger charge is -2.16. The van der Waals surface area contributed by atoms with E-state index in [4.69, 9.17) is 61.6 Å². The molecule has 0 aromatic heterocycles. The molecular weight excluding hydrogens is 1720 g/mol. The smallest absolute Gasteiger partial charge is 0.347 e. The fourth-order valence-corrected chi connectivity index (χ4v) is 10.7. The van der Waals surface area contributed by atoms with E-state index in [1.807, 2.05) is 0 Å². The largest absolute Gasteiger partial charge is 0.504 e. The molecule has 10 N–H and O–H groups in total. The molecule has 0 aliphatic rings. The summed E-state index contributed by atoms with van der Waals surface area (Å²) in [6.45, 7) is 5.49. The van der Waals surface area contributed by atoms with Gasteiger partial charge < -0.3 is 117 Å². The first-order valence-corrected chi connectivity index (χ1v) is 37.5. The Hall–Kier alpha value is -17.4. The number of methoxy groups -OCH3 is 2. The number of phenolic OH excluding ortho intramolecular Hbond substituents is 8. The molecule has 0 aliphatic heterocycles. The van der Waals surface area contributed by atoms with Crippen molar-refractivity contribution in [3.8, 4) is 69.0 Å². The van der Waals surface area contributed by atoms with Crippen molar-refractivity contribution in [3.63, 3.8) is 0 Å². The third-order valence-corrected chi connectivity index (χ3v) is 16.6. The van der Waals surface area contributed by atoms with E-state index in [-0.39, 0.29) is 141 Å².